The van der Waals surface area contributed by atoms with Crippen molar-refractivity contribution < 1.29 is 9.32 Å². The number of alkyl halides is 1. The Labute approximate surface area is 209 Å². The maximum atomic E-state index is 13.2. The summed E-state index contributed by atoms with van der Waals surface area (Å²) >= 11 is 19.9. The van der Waals surface area contributed by atoms with Gasteiger partial charge in [0.15, 0.2) is 5.76 Å². The van der Waals surface area contributed by atoms with Gasteiger partial charge in [-0.25, -0.2) is 0 Å². The van der Waals surface area contributed by atoms with E-state index in [-0.39, 0.29) is 10.6 Å². The van der Waals surface area contributed by atoms with E-state index in [0.29, 0.717) is 34.6 Å². The molecule has 0 radical (unpaired) electrons. The average Bonchev–Trinajstić information content (AvgIpc) is 3.51. The predicted octanol–water partition coefficient (Wildman–Crippen LogP) is 6.96. The molecule has 0 aliphatic carbocycles. The van der Waals surface area contributed by atoms with Gasteiger partial charge in [0.05, 0.1) is 16.2 Å². The van der Waals surface area contributed by atoms with Gasteiger partial charge in [0.2, 0.25) is 0 Å². The third-order valence-corrected chi connectivity index (χ3v) is 7.24. The molecule has 0 saturated heterocycles. The van der Waals surface area contributed by atoms with Gasteiger partial charge in [-0.2, -0.15) is 0 Å². The lowest BCUT2D eigenvalue weighted by Crippen LogP contribution is -2.25. The highest BCUT2D eigenvalue weighted by Gasteiger charge is 2.21. The van der Waals surface area contributed by atoms with E-state index in [1.165, 1.54) is 0 Å². The number of allylic oxidation sites excluding steroid dienone is 1. The Morgan fingerprint density at radius 1 is 1.15 bits per heavy atom. The van der Waals surface area contributed by atoms with Crippen molar-refractivity contribution in [3.05, 3.63) is 93.4 Å². The van der Waals surface area contributed by atoms with E-state index in [4.69, 9.17) is 39.3 Å². The number of amides is 1. The minimum Gasteiger partial charge on any atom is -0.355 e. The summed E-state index contributed by atoms with van der Waals surface area (Å²) in [6, 6.07) is 16.9. The van der Waals surface area contributed by atoms with Crippen LogP contribution in [0.3, 0.4) is 0 Å². The van der Waals surface area contributed by atoms with Crippen molar-refractivity contribution in [1.82, 2.24) is 15.0 Å². The molecular weight excluding hydrogens is 501 g/mol. The smallest absolute Gasteiger partial charge is 0.268 e. The SMILES string of the molecule is O=C(NCc1cc(Cl)cc(Cl)c1)c1cc2ccccc2n1Cc1cc(C2=CCC(Cl)S2)on1. The molecule has 1 atom stereocenters. The number of halogens is 3. The van der Waals surface area contributed by atoms with E-state index >= 15 is 0 Å². The van der Waals surface area contributed by atoms with Gasteiger partial charge in [0.1, 0.15) is 11.4 Å². The molecule has 0 fully saturated rings. The fraction of sp³-hybridized carbons (Fsp3) is 0.167. The fourth-order valence-electron chi connectivity index (χ4n) is 3.81. The zero-order valence-corrected chi connectivity index (χ0v) is 20.3. The number of hydrogen-bond acceptors (Lipinski definition) is 4. The topological polar surface area (TPSA) is 60.1 Å². The highest BCUT2D eigenvalue weighted by atomic mass is 35.5. The van der Waals surface area contributed by atoms with Gasteiger partial charge in [-0.1, -0.05) is 52.6 Å². The first-order valence-corrected chi connectivity index (χ1v) is 12.3. The number of carbonyl (C=O) groups excluding carboxylic acids is 1. The molecule has 1 aliphatic rings. The number of carbonyl (C=O) groups is 1. The minimum absolute atomic E-state index is 0.0200. The summed E-state index contributed by atoms with van der Waals surface area (Å²) in [5, 5.41) is 9.21. The highest BCUT2D eigenvalue weighted by Crippen LogP contribution is 2.41. The van der Waals surface area contributed by atoms with Crippen LogP contribution < -0.4 is 5.32 Å². The van der Waals surface area contributed by atoms with Crippen LogP contribution in [0, 0.1) is 0 Å². The maximum absolute atomic E-state index is 13.2. The van der Waals surface area contributed by atoms with Crippen molar-refractivity contribution in [1.29, 1.82) is 0 Å². The number of rotatable bonds is 6. The van der Waals surface area contributed by atoms with Crippen molar-refractivity contribution in [3.63, 3.8) is 0 Å². The predicted molar refractivity (Wildman–Crippen MR) is 135 cm³/mol. The van der Waals surface area contributed by atoms with E-state index < -0.39 is 0 Å². The van der Waals surface area contributed by atoms with Crippen LogP contribution in [0.4, 0.5) is 0 Å². The molecule has 0 spiro atoms. The number of aromatic nitrogens is 2. The molecule has 4 aromatic rings. The summed E-state index contributed by atoms with van der Waals surface area (Å²) in [6.45, 7) is 0.699. The summed E-state index contributed by atoms with van der Waals surface area (Å²) < 4.78 is 7.51. The lowest BCUT2D eigenvalue weighted by molar-refractivity contribution is 0.0942. The maximum Gasteiger partial charge on any atom is 0.268 e. The van der Waals surface area contributed by atoms with E-state index in [2.05, 4.69) is 16.5 Å². The third-order valence-electron chi connectivity index (χ3n) is 5.28. The van der Waals surface area contributed by atoms with E-state index in [1.807, 2.05) is 41.0 Å². The van der Waals surface area contributed by atoms with Crippen LogP contribution in [-0.2, 0) is 13.1 Å². The summed E-state index contributed by atoms with van der Waals surface area (Å²) in [7, 11) is 0. The van der Waals surface area contributed by atoms with E-state index in [0.717, 1.165) is 33.5 Å². The molecule has 168 valence electrons. The minimum atomic E-state index is -0.204. The van der Waals surface area contributed by atoms with Crippen molar-refractivity contribution >= 4 is 68.3 Å². The number of nitrogens with zero attached hydrogens (tertiary/aromatic N) is 2. The second-order valence-corrected chi connectivity index (χ2v) is 10.6. The first kappa shape index (κ1) is 22.4. The van der Waals surface area contributed by atoms with Gasteiger partial charge >= 0.3 is 0 Å². The molecule has 1 N–H and O–H groups in total. The van der Waals surface area contributed by atoms with Crippen molar-refractivity contribution in [2.45, 2.75) is 24.2 Å². The molecule has 2 aromatic carbocycles. The highest BCUT2D eigenvalue weighted by molar-refractivity contribution is 8.10. The van der Waals surface area contributed by atoms with Gasteiger partial charge < -0.3 is 14.4 Å². The molecule has 0 bridgehead atoms. The standard InChI is InChI=1S/C24H18Cl3N3O2S/c25-16-7-14(8-17(26)10-16)12-28-24(31)20-9-15-3-1-2-4-19(15)30(20)13-18-11-21(32-29-18)22-5-6-23(27)33-22/h1-5,7-11,23H,6,12-13H2,(H,28,31). The number of benzene rings is 2. The molecule has 1 amide bonds. The van der Waals surface area contributed by atoms with Gasteiger partial charge in [-0.3, -0.25) is 4.79 Å². The average molecular weight is 519 g/mol. The van der Waals surface area contributed by atoms with Crippen LogP contribution in [0.25, 0.3) is 15.8 Å². The van der Waals surface area contributed by atoms with Gasteiger partial charge in [-0.15, -0.1) is 23.4 Å². The van der Waals surface area contributed by atoms with Crippen LogP contribution in [0.5, 0.6) is 0 Å². The van der Waals surface area contributed by atoms with Crippen LogP contribution in [0.2, 0.25) is 10.0 Å². The van der Waals surface area contributed by atoms with Crippen LogP contribution in [0.15, 0.2) is 65.2 Å². The Kier molecular flexibility index (Phi) is 6.43. The van der Waals surface area contributed by atoms with E-state index in [9.17, 15) is 4.79 Å². The number of para-hydroxylation sites is 1. The van der Waals surface area contributed by atoms with Crippen molar-refractivity contribution in [2.75, 3.05) is 0 Å². The number of nitrogens with one attached hydrogen (secondary N) is 1. The Bertz CT molecular complexity index is 1360. The molecule has 0 saturated carbocycles. The Morgan fingerprint density at radius 2 is 1.94 bits per heavy atom. The van der Waals surface area contributed by atoms with Crippen LogP contribution in [0.1, 0.15) is 33.9 Å². The zero-order valence-electron chi connectivity index (χ0n) is 17.2. The monoisotopic (exact) mass is 517 g/mol. The summed E-state index contributed by atoms with van der Waals surface area (Å²) in [6.07, 6.45) is 2.85. The number of hydrogen-bond donors (Lipinski definition) is 1. The van der Waals surface area contributed by atoms with Gasteiger partial charge in [0, 0.05) is 33.6 Å². The third kappa shape index (κ3) is 4.94. The lowest BCUT2D eigenvalue weighted by Gasteiger charge is -2.10. The van der Waals surface area contributed by atoms with Gasteiger partial charge in [-0.05, 0) is 42.3 Å². The largest absolute Gasteiger partial charge is 0.355 e. The van der Waals surface area contributed by atoms with Gasteiger partial charge in [0.25, 0.3) is 5.91 Å². The molecule has 1 aliphatic heterocycles. The number of fused-ring (bicyclic) bond motifs is 1. The fourth-order valence-corrected chi connectivity index (χ4v) is 5.63. The number of thioether (sulfide) groups is 1. The Hall–Kier alpha value is -2.38. The summed E-state index contributed by atoms with van der Waals surface area (Å²) in [5.74, 6) is 0.489. The van der Waals surface area contributed by atoms with Crippen LogP contribution in [-0.4, -0.2) is 20.3 Å². The molecule has 5 nitrogen and oxygen atoms in total. The van der Waals surface area contributed by atoms with Crippen LogP contribution >= 0.6 is 46.6 Å². The molecule has 33 heavy (non-hydrogen) atoms. The van der Waals surface area contributed by atoms with E-state index in [1.54, 1.807) is 30.0 Å². The quantitative estimate of drug-likeness (QED) is 0.280. The summed E-state index contributed by atoms with van der Waals surface area (Å²) in [5.41, 5.74) is 3.02. The first-order valence-electron chi connectivity index (χ1n) is 10.2. The zero-order chi connectivity index (χ0) is 22.9. The van der Waals surface area contributed by atoms with Crippen molar-refractivity contribution in [3.8, 4) is 0 Å². The molecule has 3 heterocycles. The lowest BCUT2D eigenvalue weighted by atomic mass is 10.2. The summed E-state index contributed by atoms with van der Waals surface area (Å²) in [4.78, 5) is 14.1. The Balaban J connectivity index is 1.40. The Morgan fingerprint density at radius 3 is 2.70 bits per heavy atom. The molecular formula is C24H18Cl3N3O2S. The molecule has 1 unspecified atom stereocenters. The first-order chi connectivity index (χ1) is 16.0. The molecule has 5 rings (SSSR count). The molecule has 2 aromatic heterocycles. The molecule has 9 heteroatoms. The normalized spacial score (nSPS) is 15.7. The second-order valence-electron chi connectivity index (χ2n) is 7.65. The van der Waals surface area contributed by atoms with Crippen molar-refractivity contribution in [2.24, 2.45) is 0 Å². The second kappa shape index (κ2) is 9.47.